The summed E-state index contributed by atoms with van der Waals surface area (Å²) in [6, 6.07) is 2.14. The number of likely N-dealkylation sites (N-methyl/N-ethyl adjacent to an activating group) is 1. The van der Waals surface area contributed by atoms with E-state index in [0.29, 0.717) is 0 Å². The van der Waals surface area contributed by atoms with Gasteiger partial charge < -0.3 is 4.90 Å². The molecule has 0 aliphatic rings. The molecule has 0 aliphatic heterocycles. The van der Waals surface area contributed by atoms with E-state index in [2.05, 4.69) is 65.4 Å². The van der Waals surface area contributed by atoms with Crippen molar-refractivity contribution in [2.24, 2.45) is 5.84 Å². The van der Waals surface area contributed by atoms with Crippen LogP contribution in [0.3, 0.4) is 0 Å². The van der Waals surface area contributed by atoms with Gasteiger partial charge in [0.15, 0.2) is 0 Å². The molecule has 0 aliphatic carbocycles. The molecule has 0 fully saturated rings. The van der Waals surface area contributed by atoms with Crippen LogP contribution in [0, 0.1) is 13.8 Å². The van der Waals surface area contributed by atoms with Gasteiger partial charge in [-0.1, -0.05) is 0 Å². The van der Waals surface area contributed by atoms with Gasteiger partial charge in [-0.25, -0.2) is 5.43 Å². The predicted molar refractivity (Wildman–Crippen MR) is 91.4 cm³/mol. The third-order valence-electron chi connectivity index (χ3n) is 3.50. The summed E-state index contributed by atoms with van der Waals surface area (Å²) in [7, 11) is 4.12. The lowest BCUT2D eigenvalue weighted by Crippen LogP contribution is -2.31. The number of aryl methyl sites for hydroxylation is 2. The second kappa shape index (κ2) is 7.02. The van der Waals surface area contributed by atoms with Gasteiger partial charge in [0.1, 0.15) is 0 Å². The minimum atomic E-state index is -0.0542. The van der Waals surface area contributed by atoms with Gasteiger partial charge in [-0.15, -0.1) is 11.3 Å². The van der Waals surface area contributed by atoms with Gasteiger partial charge in [0.25, 0.3) is 0 Å². The van der Waals surface area contributed by atoms with Crippen molar-refractivity contribution in [3.05, 3.63) is 37.7 Å². The molecule has 1 unspecified atom stereocenters. The van der Waals surface area contributed by atoms with Crippen molar-refractivity contribution in [2.75, 3.05) is 20.6 Å². The average Bonchev–Trinajstić information content (AvgIpc) is 2.94. The Morgan fingerprint density at radius 2 is 2.19 bits per heavy atom. The number of hydrogen-bond acceptors (Lipinski definition) is 5. The monoisotopic (exact) mass is 371 g/mol. The second-order valence-corrected chi connectivity index (χ2v) is 7.53. The Labute approximate surface area is 138 Å². The molecule has 0 saturated carbocycles. The maximum absolute atomic E-state index is 5.83. The van der Waals surface area contributed by atoms with E-state index < -0.39 is 0 Å². The Morgan fingerprint density at radius 3 is 2.71 bits per heavy atom. The summed E-state index contributed by atoms with van der Waals surface area (Å²) >= 11 is 5.37. The normalized spacial score (nSPS) is 13.1. The number of nitrogens with zero attached hydrogens (tertiary/aromatic N) is 3. The van der Waals surface area contributed by atoms with Crippen LogP contribution >= 0.6 is 27.3 Å². The number of aromatic nitrogens is 2. The van der Waals surface area contributed by atoms with Crippen LogP contribution in [0.15, 0.2) is 16.7 Å². The summed E-state index contributed by atoms with van der Waals surface area (Å²) in [4.78, 5) is 4.67. The summed E-state index contributed by atoms with van der Waals surface area (Å²) in [5, 5.41) is 4.46. The minimum absolute atomic E-state index is 0.0542. The SMILES string of the molecule is Cc1cc(C(NN)c2c(Br)cnn2CCN(C)C)sc1C. The topological polar surface area (TPSA) is 59.1 Å². The average molecular weight is 372 g/mol. The summed E-state index contributed by atoms with van der Waals surface area (Å²) in [6.45, 7) is 6.02. The molecule has 2 heterocycles. The number of hydrogen-bond donors (Lipinski definition) is 2. The first-order chi connectivity index (χ1) is 9.93. The molecule has 0 saturated heterocycles. The highest BCUT2D eigenvalue weighted by Gasteiger charge is 2.23. The van der Waals surface area contributed by atoms with Crippen LogP contribution in [0.4, 0.5) is 0 Å². The van der Waals surface area contributed by atoms with Crippen LogP contribution in [0.25, 0.3) is 0 Å². The van der Waals surface area contributed by atoms with Gasteiger partial charge in [0, 0.05) is 16.3 Å². The Bertz CT molecular complexity index is 585. The van der Waals surface area contributed by atoms with E-state index in [1.165, 1.54) is 15.3 Å². The molecule has 0 aromatic carbocycles. The molecule has 2 aromatic heterocycles. The molecule has 2 aromatic rings. The fourth-order valence-electron chi connectivity index (χ4n) is 2.17. The lowest BCUT2D eigenvalue weighted by atomic mass is 10.1. The molecule has 3 N–H and O–H groups in total. The second-order valence-electron chi connectivity index (χ2n) is 5.39. The molecule has 2 rings (SSSR count). The highest BCUT2D eigenvalue weighted by atomic mass is 79.9. The van der Waals surface area contributed by atoms with Crippen molar-refractivity contribution >= 4 is 27.3 Å². The van der Waals surface area contributed by atoms with Crippen LogP contribution in [-0.4, -0.2) is 35.3 Å². The summed E-state index contributed by atoms with van der Waals surface area (Å²) < 4.78 is 2.99. The summed E-state index contributed by atoms with van der Waals surface area (Å²) in [6.07, 6.45) is 1.84. The van der Waals surface area contributed by atoms with Gasteiger partial charge in [-0.05, 0) is 55.5 Å². The quantitative estimate of drug-likeness (QED) is 0.604. The van der Waals surface area contributed by atoms with Gasteiger partial charge in [0.2, 0.25) is 0 Å². The van der Waals surface area contributed by atoms with Crippen LogP contribution in [-0.2, 0) is 6.54 Å². The van der Waals surface area contributed by atoms with Gasteiger partial charge in [0.05, 0.1) is 29.0 Å². The molecule has 0 radical (unpaired) electrons. The van der Waals surface area contributed by atoms with Crippen LogP contribution in [0.2, 0.25) is 0 Å². The highest BCUT2D eigenvalue weighted by Crippen LogP contribution is 2.33. The first-order valence-corrected chi connectivity index (χ1v) is 8.44. The maximum atomic E-state index is 5.83. The van der Waals surface area contributed by atoms with E-state index in [-0.39, 0.29) is 6.04 Å². The van der Waals surface area contributed by atoms with Crippen molar-refractivity contribution in [1.82, 2.24) is 20.1 Å². The third kappa shape index (κ3) is 3.73. The molecular formula is C14H22BrN5S. The van der Waals surface area contributed by atoms with Crippen LogP contribution in [0.1, 0.15) is 27.1 Å². The Morgan fingerprint density at radius 1 is 1.48 bits per heavy atom. The van der Waals surface area contributed by atoms with Crippen molar-refractivity contribution in [3.63, 3.8) is 0 Å². The maximum Gasteiger partial charge on any atom is 0.0981 e. The zero-order valence-electron chi connectivity index (χ0n) is 12.9. The fraction of sp³-hybridized carbons (Fsp3) is 0.500. The standard InChI is InChI=1S/C14H22BrN5S/c1-9-7-12(21-10(9)2)13(18-16)14-11(15)8-17-20(14)6-5-19(3)4/h7-8,13,18H,5-6,16H2,1-4H3. The predicted octanol–water partition coefficient (Wildman–Crippen LogP) is 2.44. The Hall–Kier alpha value is -0.730. The third-order valence-corrected chi connectivity index (χ3v) is 5.33. The summed E-state index contributed by atoms with van der Waals surface area (Å²) in [5.41, 5.74) is 5.30. The molecule has 7 heteroatoms. The lowest BCUT2D eigenvalue weighted by Gasteiger charge is -2.18. The van der Waals surface area contributed by atoms with Crippen molar-refractivity contribution in [1.29, 1.82) is 0 Å². The number of halogens is 1. The van der Waals surface area contributed by atoms with Crippen LogP contribution < -0.4 is 11.3 Å². The van der Waals surface area contributed by atoms with Gasteiger partial charge in [-0.2, -0.15) is 5.10 Å². The van der Waals surface area contributed by atoms with Gasteiger partial charge in [-0.3, -0.25) is 10.5 Å². The van der Waals surface area contributed by atoms with E-state index in [0.717, 1.165) is 23.3 Å². The van der Waals surface area contributed by atoms with Crippen molar-refractivity contribution < 1.29 is 0 Å². The van der Waals surface area contributed by atoms with E-state index in [4.69, 9.17) is 5.84 Å². The minimum Gasteiger partial charge on any atom is -0.308 e. The van der Waals surface area contributed by atoms with Crippen molar-refractivity contribution in [2.45, 2.75) is 26.4 Å². The smallest absolute Gasteiger partial charge is 0.0981 e. The molecule has 0 bridgehead atoms. The van der Waals surface area contributed by atoms with E-state index in [9.17, 15) is 0 Å². The number of thiophene rings is 1. The molecule has 5 nitrogen and oxygen atoms in total. The van der Waals surface area contributed by atoms with E-state index in [1.807, 2.05) is 10.9 Å². The first kappa shape index (κ1) is 16.6. The number of nitrogens with one attached hydrogen (secondary N) is 1. The lowest BCUT2D eigenvalue weighted by molar-refractivity contribution is 0.365. The largest absolute Gasteiger partial charge is 0.308 e. The van der Waals surface area contributed by atoms with Crippen molar-refractivity contribution in [3.8, 4) is 0 Å². The highest BCUT2D eigenvalue weighted by molar-refractivity contribution is 9.10. The molecule has 1 atom stereocenters. The zero-order valence-corrected chi connectivity index (χ0v) is 15.3. The van der Waals surface area contributed by atoms with E-state index in [1.54, 1.807) is 11.3 Å². The number of hydrazine groups is 1. The molecule has 0 amide bonds. The Kier molecular flexibility index (Phi) is 5.56. The van der Waals surface area contributed by atoms with E-state index >= 15 is 0 Å². The molecule has 21 heavy (non-hydrogen) atoms. The fourth-order valence-corrected chi connectivity index (χ4v) is 3.80. The molecular weight excluding hydrogens is 350 g/mol. The molecule has 116 valence electrons. The first-order valence-electron chi connectivity index (χ1n) is 6.83. The zero-order chi connectivity index (χ0) is 15.6. The number of rotatable bonds is 6. The van der Waals surface area contributed by atoms with Crippen LogP contribution in [0.5, 0.6) is 0 Å². The summed E-state index contributed by atoms with van der Waals surface area (Å²) in [5.74, 6) is 5.83. The molecule has 0 spiro atoms. The number of nitrogens with two attached hydrogens (primary N) is 1. The Balaban J connectivity index is 2.35. The van der Waals surface area contributed by atoms with Gasteiger partial charge >= 0.3 is 0 Å².